The molecule has 0 spiro atoms. The summed E-state index contributed by atoms with van der Waals surface area (Å²) in [6.45, 7) is -0.230. The smallest absolute Gasteiger partial charge is 0.321 e. The van der Waals surface area contributed by atoms with Crippen molar-refractivity contribution in [2.24, 2.45) is 5.73 Å². The maximum absolute atomic E-state index is 10.7. The van der Waals surface area contributed by atoms with E-state index < -0.39 is 30.0 Å². The molecule has 0 fully saturated rings. The molecule has 0 aromatic heterocycles. The average molecular weight is 234 g/mol. The SMILES string of the molecule is NC(CNC(CCC(=O)O)C(=O)O)C(=O)O. The molecule has 8 heteroatoms. The molecule has 92 valence electrons. The molecule has 0 aromatic carbocycles. The number of nitrogens with one attached hydrogen (secondary N) is 1. The van der Waals surface area contributed by atoms with Crippen molar-refractivity contribution < 1.29 is 29.7 Å². The number of rotatable bonds is 8. The van der Waals surface area contributed by atoms with Crippen LogP contribution in [0.15, 0.2) is 0 Å². The van der Waals surface area contributed by atoms with E-state index in [0.29, 0.717) is 0 Å². The Kier molecular flexibility index (Phi) is 6.04. The highest BCUT2D eigenvalue weighted by molar-refractivity contribution is 5.76. The summed E-state index contributed by atoms with van der Waals surface area (Å²) in [5.41, 5.74) is 5.15. The van der Waals surface area contributed by atoms with Gasteiger partial charge in [-0.1, -0.05) is 0 Å². The minimum Gasteiger partial charge on any atom is -0.481 e. The Hall–Kier alpha value is -1.67. The fraction of sp³-hybridized carbons (Fsp3) is 0.625. The predicted octanol–water partition coefficient (Wildman–Crippen LogP) is -1.69. The van der Waals surface area contributed by atoms with Crippen molar-refractivity contribution >= 4 is 17.9 Å². The number of carboxylic acids is 3. The molecule has 0 saturated carbocycles. The third kappa shape index (κ3) is 5.94. The molecule has 2 atom stereocenters. The van der Waals surface area contributed by atoms with Crippen LogP contribution >= 0.6 is 0 Å². The molecule has 16 heavy (non-hydrogen) atoms. The largest absolute Gasteiger partial charge is 0.481 e. The summed E-state index contributed by atoms with van der Waals surface area (Å²) in [4.78, 5) is 31.2. The van der Waals surface area contributed by atoms with Gasteiger partial charge in [-0.3, -0.25) is 14.4 Å². The van der Waals surface area contributed by atoms with E-state index in [-0.39, 0.29) is 19.4 Å². The van der Waals surface area contributed by atoms with Gasteiger partial charge in [0.25, 0.3) is 0 Å². The lowest BCUT2D eigenvalue weighted by Crippen LogP contribution is -2.46. The van der Waals surface area contributed by atoms with Gasteiger partial charge in [0.2, 0.25) is 0 Å². The summed E-state index contributed by atoms with van der Waals surface area (Å²) in [6, 6.07) is -2.33. The molecular weight excluding hydrogens is 220 g/mol. The van der Waals surface area contributed by atoms with Crippen LogP contribution < -0.4 is 11.1 Å². The first-order valence-corrected chi connectivity index (χ1v) is 4.51. The zero-order valence-electron chi connectivity index (χ0n) is 8.42. The van der Waals surface area contributed by atoms with Crippen LogP contribution in [0, 0.1) is 0 Å². The second-order valence-corrected chi connectivity index (χ2v) is 3.18. The number of aliphatic carboxylic acids is 3. The van der Waals surface area contributed by atoms with E-state index in [1.807, 2.05) is 0 Å². The van der Waals surface area contributed by atoms with Gasteiger partial charge in [0.05, 0.1) is 0 Å². The monoisotopic (exact) mass is 234 g/mol. The summed E-state index contributed by atoms with van der Waals surface area (Å²) in [5, 5.41) is 27.9. The molecule has 2 unspecified atom stereocenters. The van der Waals surface area contributed by atoms with Gasteiger partial charge in [0, 0.05) is 13.0 Å². The van der Waals surface area contributed by atoms with Crippen LogP contribution in [0.25, 0.3) is 0 Å². The van der Waals surface area contributed by atoms with Crippen molar-refractivity contribution in [3.63, 3.8) is 0 Å². The molecule has 0 aromatic rings. The van der Waals surface area contributed by atoms with Crippen LogP contribution in [0.5, 0.6) is 0 Å². The molecule has 6 N–H and O–H groups in total. The van der Waals surface area contributed by atoms with Gasteiger partial charge < -0.3 is 26.4 Å². The number of carboxylic acid groups (broad SMARTS) is 3. The van der Waals surface area contributed by atoms with Crippen molar-refractivity contribution in [3.8, 4) is 0 Å². The molecule has 0 aliphatic rings. The molecule has 8 nitrogen and oxygen atoms in total. The van der Waals surface area contributed by atoms with Gasteiger partial charge >= 0.3 is 17.9 Å². The Bertz CT molecular complexity index is 280. The zero-order chi connectivity index (χ0) is 12.7. The zero-order valence-corrected chi connectivity index (χ0v) is 8.42. The molecule has 0 amide bonds. The van der Waals surface area contributed by atoms with E-state index in [9.17, 15) is 14.4 Å². The van der Waals surface area contributed by atoms with Crippen molar-refractivity contribution in [2.75, 3.05) is 6.54 Å². The van der Waals surface area contributed by atoms with Crippen LogP contribution in [0.2, 0.25) is 0 Å². The number of nitrogens with two attached hydrogens (primary N) is 1. The van der Waals surface area contributed by atoms with Gasteiger partial charge in [-0.25, -0.2) is 0 Å². The Morgan fingerprint density at radius 1 is 1.12 bits per heavy atom. The standard InChI is InChI=1S/C8H14N2O6/c9-4(7(13)14)3-10-5(8(15)16)1-2-6(11)12/h4-5,10H,1-3,9H2,(H,11,12)(H,13,14)(H,15,16). The lowest BCUT2D eigenvalue weighted by Gasteiger charge is -2.14. The normalized spacial score (nSPS) is 14.1. The van der Waals surface area contributed by atoms with Crippen molar-refractivity contribution in [3.05, 3.63) is 0 Å². The summed E-state index contributed by atoms with van der Waals surface area (Å²) in [6.07, 6.45) is -0.441. The topological polar surface area (TPSA) is 150 Å². The molecule has 0 bridgehead atoms. The van der Waals surface area contributed by atoms with E-state index in [2.05, 4.69) is 5.32 Å². The lowest BCUT2D eigenvalue weighted by atomic mass is 10.1. The van der Waals surface area contributed by atoms with Gasteiger partial charge in [-0.05, 0) is 6.42 Å². The fourth-order valence-corrected chi connectivity index (χ4v) is 0.937. The summed E-state index contributed by atoms with van der Waals surface area (Å²) in [7, 11) is 0. The summed E-state index contributed by atoms with van der Waals surface area (Å²) < 4.78 is 0. The van der Waals surface area contributed by atoms with Crippen LogP contribution in [0.4, 0.5) is 0 Å². The van der Waals surface area contributed by atoms with Gasteiger partial charge in [-0.15, -0.1) is 0 Å². The number of hydrogen-bond acceptors (Lipinski definition) is 5. The van der Waals surface area contributed by atoms with E-state index in [0.717, 1.165) is 0 Å². The van der Waals surface area contributed by atoms with E-state index >= 15 is 0 Å². The Labute approximate surface area is 91.1 Å². The molecule has 0 saturated heterocycles. The molecule has 0 heterocycles. The minimum absolute atomic E-state index is 0.128. The fourth-order valence-electron chi connectivity index (χ4n) is 0.937. The van der Waals surface area contributed by atoms with E-state index in [1.54, 1.807) is 0 Å². The van der Waals surface area contributed by atoms with Gasteiger partial charge in [-0.2, -0.15) is 0 Å². The first kappa shape index (κ1) is 14.3. The summed E-state index contributed by atoms with van der Waals surface area (Å²) >= 11 is 0. The maximum Gasteiger partial charge on any atom is 0.321 e. The lowest BCUT2D eigenvalue weighted by molar-refractivity contribution is -0.142. The highest BCUT2D eigenvalue weighted by Crippen LogP contribution is 1.98. The molecule has 0 rings (SSSR count). The number of carbonyl (C=O) groups is 3. The van der Waals surface area contributed by atoms with Crippen molar-refractivity contribution in [2.45, 2.75) is 24.9 Å². The predicted molar refractivity (Wildman–Crippen MR) is 51.9 cm³/mol. The molecular formula is C8H14N2O6. The van der Waals surface area contributed by atoms with Crippen molar-refractivity contribution in [1.29, 1.82) is 0 Å². The quantitative estimate of drug-likeness (QED) is 0.333. The molecule has 0 aliphatic carbocycles. The second-order valence-electron chi connectivity index (χ2n) is 3.18. The maximum atomic E-state index is 10.7. The third-order valence-electron chi connectivity index (χ3n) is 1.85. The molecule has 0 aliphatic heterocycles. The van der Waals surface area contributed by atoms with E-state index in [4.69, 9.17) is 21.1 Å². The van der Waals surface area contributed by atoms with E-state index in [1.165, 1.54) is 0 Å². The minimum atomic E-state index is -1.25. The van der Waals surface area contributed by atoms with Gasteiger partial charge in [0.15, 0.2) is 0 Å². The van der Waals surface area contributed by atoms with Crippen LogP contribution in [-0.2, 0) is 14.4 Å². The Morgan fingerprint density at radius 3 is 2.06 bits per heavy atom. The highest BCUT2D eigenvalue weighted by atomic mass is 16.4. The summed E-state index contributed by atoms with van der Waals surface area (Å²) in [5.74, 6) is -3.61. The van der Waals surface area contributed by atoms with Crippen LogP contribution in [0.3, 0.4) is 0 Å². The Balaban J connectivity index is 4.09. The second kappa shape index (κ2) is 6.75. The first-order chi connectivity index (χ1) is 7.34. The third-order valence-corrected chi connectivity index (χ3v) is 1.85. The average Bonchev–Trinajstić information content (AvgIpc) is 2.15. The van der Waals surface area contributed by atoms with Crippen LogP contribution in [0.1, 0.15) is 12.8 Å². The van der Waals surface area contributed by atoms with Gasteiger partial charge in [0.1, 0.15) is 12.1 Å². The highest BCUT2D eigenvalue weighted by Gasteiger charge is 2.20. The first-order valence-electron chi connectivity index (χ1n) is 4.51. The Morgan fingerprint density at radius 2 is 1.69 bits per heavy atom. The molecule has 0 radical (unpaired) electrons. The van der Waals surface area contributed by atoms with Crippen molar-refractivity contribution in [1.82, 2.24) is 5.32 Å². The van der Waals surface area contributed by atoms with Crippen LogP contribution in [-0.4, -0.2) is 51.9 Å². The number of hydrogen-bond donors (Lipinski definition) is 5.